The van der Waals surface area contributed by atoms with Crippen LogP contribution >= 0.6 is 0 Å². The number of aromatic nitrogens is 1. The Bertz CT molecular complexity index is 949. The number of aliphatic imine (C=N–C) groups is 1. The van der Waals surface area contributed by atoms with E-state index in [1.165, 1.54) is 5.56 Å². The molecule has 3 aromatic rings. The van der Waals surface area contributed by atoms with Gasteiger partial charge in [0.05, 0.1) is 26.5 Å². The van der Waals surface area contributed by atoms with Crippen LogP contribution in [0.1, 0.15) is 11.3 Å². The summed E-state index contributed by atoms with van der Waals surface area (Å²) in [6, 6.07) is 13.6. The van der Waals surface area contributed by atoms with Crippen LogP contribution in [0.4, 0.5) is 5.69 Å². The summed E-state index contributed by atoms with van der Waals surface area (Å²) in [4.78, 5) is 8.76. The van der Waals surface area contributed by atoms with Crippen molar-refractivity contribution < 1.29 is 13.9 Å². The first-order chi connectivity index (χ1) is 13.6. The van der Waals surface area contributed by atoms with E-state index in [0.717, 1.165) is 16.9 Å². The maximum atomic E-state index is 5.59. The fourth-order valence-corrected chi connectivity index (χ4v) is 2.62. The number of anilines is 1. The van der Waals surface area contributed by atoms with E-state index in [0.29, 0.717) is 29.9 Å². The van der Waals surface area contributed by atoms with Crippen molar-refractivity contribution >= 4 is 11.6 Å². The number of hydrogen-bond donors (Lipinski definition) is 2. The smallest absolute Gasteiger partial charge is 0.226 e. The Morgan fingerprint density at radius 1 is 1.07 bits per heavy atom. The summed E-state index contributed by atoms with van der Waals surface area (Å²) < 4.78 is 16.2. The average molecular weight is 380 g/mol. The molecule has 0 bridgehead atoms. The van der Waals surface area contributed by atoms with Gasteiger partial charge in [0.2, 0.25) is 5.89 Å². The van der Waals surface area contributed by atoms with Crippen molar-refractivity contribution in [2.45, 2.75) is 13.5 Å². The van der Waals surface area contributed by atoms with Crippen LogP contribution in [0.3, 0.4) is 0 Å². The highest BCUT2D eigenvalue weighted by Crippen LogP contribution is 2.29. The molecule has 1 aromatic heterocycles. The van der Waals surface area contributed by atoms with E-state index in [2.05, 4.69) is 20.6 Å². The van der Waals surface area contributed by atoms with E-state index >= 15 is 0 Å². The molecule has 0 aliphatic heterocycles. The van der Waals surface area contributed by atoms with Crippen molar-refractivity contribution in [3.63, 3.8) is 0 Å². The number of nitrogens with one attached hydrogen (secondary N) is 2. The van der Waals surface area contributed by atoms with Crippen molar-refractivity contribution in [1.29, 1.82) is 0 Å². The highest BCUT2D eigenvalue weighted by Gasteiger charge is 2.09. The molecule has 7 nitrogen and oxygen atoms in total. The van der Waals surface area contributed by atoms with Crippen molar-refractivity contribution in [2.75, 3.05) is 26.6 Å². The van der Waals surface area contributed by atoms with Crippen LogP contribution in [-0.2, 0) is 6.54 Å². The summed E-state index contributed by atoms with van der Waals surface area (Å²) in [5, 5.41) is 6.43. The van der Waals surface area contributed by atoms with E-state index in [9.17, 15) is 0 Å². The normalized spacial score (nSPS) is 11.2. The van der Waals surface area contributed by atoms with Gasteiger partial charge in [0.1, 0.15) is 6.26 Å². The largest absolute Gasteiger partial charge is 0.493 e. The third-order valence-corrected chi connectivity index (χ3v) is 4.16. The molecule has 2 N–H and O–H groups in total. The van der Waals surface area contributed by atoms with Gasteiger partial charge < -0.3 is 24.5 Å². The number of benzene rings is 2. The maximum Gasteiger partial charge on any atom is 0.226 e. The number of rotatable bonds is 6. The molecular formula is C21H24N4O3. The van der Waals surface area contributed by atoms with Crippen LogP contribution in [0.2, 0.25) is 0 Å². The van der Waals surface area contributed by atoms with Gasteiger partial charge in [-0.15, -0.1) is 0 Å². The van der Waals surface area contributed by atoms with Crippen molar-refractivity contribution in [3.05, 3.63) is 60.0 Å². The third kappa shape index (κ3) is 4.62. The number of ether oxygens (including phenoxy) is 2. The van der Waals surface area contributed by atoms with E-state index in [1.54, 1.807) is 27.5 Å². The Hall–Kier alpha value is -3.48. The van der Waals surface area contributed by atoms with Gasteiger partial charge in [0, 0.05) is 24.4 Å². The zero-order valence-corrected chi connectivity index (χ0v) is 16.4. The SMILES string of the molecule is CN=C(NCc1coc(-c2ccc(C)cc2)n1)Nc1ccc(OC)c(OC)c1. The molecule has 0 atom stereocenters. The maximum absolute atomic E-state index is 5.59. The van der Waals surface area contributed by atoms with Crippen LogP contribution in [0.5, 0.6) is 11.5 Å². The topological polar surface area (TPSA) is 80.9 Å². The van der Waals surface area contributed by atoms with Crippen molar-refractivity contribution in [3.8, 4) is 23.0 Å². The summed E-state index contributed by atoms with van der Waals surface area (Å²) in [6.07, 6.45) is 1.64. The Morgan fingerprint density at radius 2 is 1.82 bits per heavy atom. The van der Waals surface area contributed by atoms with Gasteiger partial charge >= 0.3 is 0 Å². The van der Waals surface area contributed by atoms with Crippen LogP contribution in [-0.4, -0.2) is 32.2 Å². The molecule has 146 valence electrons. The summed E-state index contributed by atoms with van der Waals surface area (Å²) >= 11 is 0. The van der Waals surface area contributed by atoms with Gasteiger partial charge in [0.15, 0.2) is 17.5 Å². The highest BCUT2D eigenvalue weighted by molar-refractivity contribution is 5.93. The minimum absolute atomic E-state index is 0.475. The first kappa shape index (κ1) is 19.3. The summed E-state index contributed by atoms with van der Waals surface area (Å²) in [6.45, 7) is 2.52. The molecule has 0 amide bonds. The lowest BCUT2D eigenvalue weighted by atomic mass is 10.1. The lowest BCUT2D eigenvalue weighted by Crippen LogP contribution is -2.30. The number of guanidine groups is 1. The van der Waals surface area contributed by atoms with E-state index in [1.807, 2.05) is 49.4 Å². The van der Waals surface area contributed by atoms with Gasteiger partial charge in [-0.3, -0.25) is 4.99 Å². The molecule has 0 aliphatic carbocycles. The van der Waals surface area contributed by atoms with Gasteiger partial charge in [0.25, 0.3) is 0 Å². The number of aryl methyl sites for hydroxylation is 1. The zero-order valence-electron chi connectivity index (χ0n) is 16.4. The van der Waals surface area contributed by atoms with Gasteiger partial charge in [-0.1, -0.05) is 17.7 Å². The average Bonchev–Trinajstić information content (AvgIpc) is 3.20. The predicted octanol–water partition coefficient (Wildman–Crippen LogP) is 3.85. The first-order valence-corrected chi connectivity index (χ1v) is 8.84. The molecule has 7 heteroatoms. The summed E-state index contributed by atoms with van der Waals surface area (Å²) in [5.41, 5.74) is 3.75. The fraction of sp³-hybridized carbons (Fsp3) is 0.238. The van der Waals surface area contributed by atoms with E-state index < -0.39 is 0 Å². The van der Waals surface area contributed by atoms with Crippen LogP contribution < -0.4 is 20.1 Å². The second-order valence-electron chi connectivity index (χ2n) is 6.13. The quantitative estimate of drug-likeness (QED) is 0.499. The monoisotopic (exact) mass is 380 g/mol. The zero-order chi connectivity index (χ0) is 19.9. The summed E-state index contributed by atoms with van der Waals surface area (Å²) in [5.74, 6) is 2.51. The first-order valence-electron chi connectivity index (χ1n) is 8.84. The molecule has 0 unspecified atom stereocenters. The fourth-order valence-electron chi connectivity index (χ4n) is 2.62. The molecule has 0 spiro atoms. The standard InChI is InChI=1S/C21H24N4O3/c1-14-5-7-15(8-6-14)20-24-17(13-28-20)12-23-21(22-2)25-16-9-10-18(26-3)19(11-16)27-4/h5-11,13H,12H2,1-4H3,(H2,22,23,25). The Labute approximate surface area is 164 Å². The molecule has 0 aliphatic rings. The lowest BCUT2D eigenvalue weighted by molar-refractivity contribution is 0.355. The van der Waals surface area contributed by atoms with Crippen molar-refractivity contribution in [1.82, 2.24) is 10.3 Å². The van der Waals surface area contributed by atoms with E-state index in [4.69, 9.17) is 13.9 Å². The molecule has 3 rings (SSSR count). The minimum atomic E-state index is 0.475. The Morgan fingerprint density at radius 3 is 2.50 bits per heavy atom. The summed E-state index contributed by atoms with van der Waals surface area (Å²) in [7, 11) is 4.91. The molecule has 0 saturated carbocycles. The van der Waals surface area contributed by atoms with Gasteiger partial charge in [-0.05, 0) is 31.2 Å². The molecule has 0 saturated heterocycles. The minimum Gasteiger partial charge on any atom is -0.493 e. The Balaban J connectivity index is 1.62. The molecule has 0 radical (unpaired) electrons. The number of nitrogens with zero attached hydrogens (tertiary/aromatic N) is 2. The second kappa shape index (κ2) is 8.94. The van der Waals surface area contributed by atoms with Crippen LogP contribution in [0.15, 0.2) is 58.1 Å². The van der Waals surface area contributed by atoms with Gasteiger partial charge in [-0.2, -0.15) is 0 Å². The number of methoxy groups -OCH3 is 2. The highest BCUT2D eigenvalue weighted by atomic mass is 16.5. The van der Waals surface area contributed by atoms with Crippen molar-refractivity contribution in [2.24, 2.45) is 4.99 Å². The van der Waals surface area contributed by atoms with Gasteiger partial charge in [-0.25, -0.2) is 4.98 Å². The van der Waals surface area contributed by atoms with Crippen LogP contribution in [0.25, 0.3) is 11.5 Å². The predicted molar refractivity (Wildman–Crippen MR) is 110 cm³/mol. The molecule has 2 aromatic carbocycles. The molecule has 1 heterocycles. The third-order valence-electron chi connectivity index (χ3n) is 4.16. The molecule has 0 fully saturated rings. The van der Waals surface area contributed by atoms with E-state index in [-0.39, 0.29) is 0 Å². The number of oxazole rings is 1. The molecule has 28 heavy (non-hydrogen) atoms. The second-order valence-corrected chi connectivity index (χ2v) is 6.13. The lowest BCUT2D eigenvalue weighted by Gasteiger charge is -2.13. The molecular weight excluding hydrogens is 356 g/mol. The number of hydrogen-bond acceptors (Lipinski definition) is 5. The van der Waals surface area contributed by atoms with Crippen LogP contribution in [0, 0.1) is 6.92 Å². The Kier molecular flexibility index (Phi) is 6.16.